The van der Waals surface area contributed by atoms with Crippen LogP contribution in [-0.2, 0) is 15.9 Å². The van der Waals surface area contributed by atoms with E-state index in [0.717, 1.165) is 50.9 Å². The van der Waals surface area contributed by atoms with E-state index in [2.05, 4.69) is 11.0 Å². The number of halogens is 1. The molecule has 110 valence electrons. The SMILES string of the molecule is Clc1ccccc1CCOCCN1CCC2(CC1)CO2. The number of hydrogen-bond donors (Lipinski definition) is 0. The first-order chi connectivity index (χ1) is 9.77. The third-order valence-corrected chi connectivity index (χ3v) is 4.71. The van der Waals surface area contributed by atoms with Crippen molar-refractivity contribution in [1.82, 2.24) is 4.90 Å². The van der Waals surface area contributed by atoms with Gasteiger partial charge in [0.05, 0.1) is 25.4 Å². The van der Waals surface area contributed by atoms with Gasteiger partial charge in [-0.3, -0.25) is 0 Å². The van der Waals surface area contributed by atoms with E-state index in [1.165, 1.54) is 18.4 Å². The van der Waals surface area contributed by atoms with Crippen molar-refractivity contribution in [3.8, 4) is 0 Å². The van der Waals surface area contributed by atoms with Crippen LogP contribution in [-0.4, -0.2) is 50.0 Å². The summed E-state index contributed by atoms with van der Waals surface area (Å²) < 4.78 is 11.2. The average molecular weight is 296 g/mol. The molecule has 4 heteroatoms. The van der Waals surface area contributed by atoms with Gasteiger partial charge in [-0.15, -0.1) is 0 Å². The predicted octanol–water partition coefficient (Wildman–Crippen LogP) is 2.76. The lowest BCUT2D eigenvalue weighted by Crippen LogP contribution is -2.39. The van der Waals surface area contributed by atoms with Crippen molar-refractivity contribution in [3.05, 3.63) is 34.9 Å². The molecule has 1 aromatic rings. The largest absolute Gasteiger partial charge is 0.380 e. The summed E-state index contributed by atoms with van der Waals surface area (Å²) in [4.78, 5) is 2.47. The van der Waals surface area contributed by atoms with Crippen molar-refractivity contribution in [2.45, 2.75) is 24.9 Å². The van der Waals surface area contributed by atoms with Crippen LogP contribution in [0.4, 0.5) is 0 Å². The maximum Gasteiger partial charge on any atom is 0.0940 e. The molecule has 2 aliphatic heterocycles. The lowest BCUT2D eigenvalue weighted by molar-refractivity contribution is 0.0824. The molecule has 2 aliphatic rings. The predicted molar refractivity (Wildman–Crippen MR) is 80.3 cm³/mol. The monoisotopic (exact) mass is 295 g/mol. The number of rotatable bonds is 6. The van der Waals surface area contributed by atoms with E-state index in [-0.39, 0.29) is 5.60 Å². The molecule has 0 radical (unpaired) electrons. The second-order valence-corrected chi connectivity index (χ2v) is 6.17. The minimum absolute atomic E-state index is 0.279. The van der Waals surface area contributed by atoms with E-state index in [4.69, 9.17) is 21.1 Å². The first-order valence-electron chi connectivity index (χ1n) is 7.45. The first kappa shape index (κ1) is 14.3. The molecule has 2 fully saturated rings. The second kappa shape index (κ2) is 6.44. The summed E-state index contributed by atoms with van der Waals surface area (Å²) in [6, 6.07) is 7.97. The third-order valence-electron chi connectivity index (χ3n) is 4.35. The van der Waals surface area contributed by atoms with Crippen LogP contribution in [0.1, 0.15) is 18.4 Å². The molecule has 0 unspecified atom stereocenters. The Balaban J connectivity index is 1.28. The zero-order valence-electron chi connectivity index (χ0n) is 11.8. The molecule has 0 atom stereocenters. The summed E-state index contributed by atoms with van der Waals surface area (Å²) in [6.07, 6.45) is 3.26. The first-order valence-corrected chi connectivity index (χ1v) is 7.83. The van der Waals surface area contributed by atoms with Gasteiger partial charge < -0.3 is 14.4 Å². The molecule has 0 saturated carbocycles. The fourth-order valence-corrected chi connectivity index (χ4v) is 2.98. The Labute approximate surface area is 125 Å². The Morgan fingerprint density at radius 1 is 1.20 bits per heavy atom. The molecule has 0 aromatic heterocycles. The normalized spacial score (nSPS) is 21.2. The minimum Gasteiger partial charge on any atom is -0.380 e. The maximum atomic E-state index is 6.12. The van der Waals surface area contributed by atoms with Gasteiger partial charge >= 0.3 is 0 Å². The van der Waals surface area contributed by atoms with Crippen LogP contribution in [0.2, 0.25) is 5.02 Å². The smallest absolute Gasteiger partial charge is 0.0940 e. The van der Waals surface area contributed by atoms with Crippen molar-refractivity contribution in [2.24, 2.45) is 0 Å². The van der Waals surface area contributed by atoms with E-state index in [9.17, 15) is 0 Å². The fraction of sp³-hybridized carbons (Fsp3) is 0.625. The summed E-state index contributed by atoms with van der Waals surface area (Å²) in [6.45, 7) is 5.85. The lowest BCUT2D eigenvalue weighted by atomic mass is 9.98. The highest BCUT2D eigenvalue weighted by Crippen LogP contribution is 2.37. The Morgan fingerprint density at radius 3 is 2.65 bits per heavy atom. The molecule has 1 spiro atoms. The quantitative estimate of drug-likeness (QED) is 0.596. The van der Waals surface area contributed by atoms with Crippen LogP contribution in [0.5, 0.6) is 0 Å². The van der Waals surface area contributed by atoms with Gasteiger partial charge in [-0.05, 0) is 30.9 Å². The van der Waals surface area contributed by atoms with Gasteiger partial charge in [0.2, 0.25) is 0 Å². The highest BCUT2D eigenvalue weighted by Gasteiger charge is 2.46. The fourth-order valence-electron chi connectivity index (χ4n) is 2.75. The van der Waals surface area contributed by atoms with Gasteiger partial charge in [0.15, 0.2) is 0 Å². The van der Waals surface area contributed by atoms with Gasteiger partial charge in [-0.25, -0.2) is 0 Å². The Kier molecular flexibility index (Phi) is 4.61. The number of ether oxygens (including phenoxy) is 2. The molecule has 2 heterocycles. The van der Waals surface area contributed by atoms with Crippen LogP contribution in [0.15, 0.2) is 24.3 Å². The number of likely N-dealkylation sites (tertiary alicyclic amines) is 1. The van der Waals surface area contributed by atoms with Crippen molar-refractivity contribution >= 4 is 11.6 Å². The second-order valence-electron chi connectivity index (χ2n) is 5.77. The van der Waals surface area contributed by atoms with Crippen molar-refractivity contribution in [2.75, 3.05) is 39.5 Å². The molecular formula is C16H22ClNO2. The van der Waals surface area contributed by atoms with Gasteiger partial charge in [0, 0.05) is 24.7 Å². The van der Waals surface area contributed by atoms with Crippen LogP contribution in [0.3, 0.4) is 0 Å². The zero-order valence-corrected chi connectivity index (χ0v) is 12.6. The van der Waals surface area contributed by atoms with Gasteiger partial charge in [0.1, 0.15) is 0 Å². The van der Waals surface area contributed by atoms with Gasteiger partial charge in [0.25, 0.3) is 0 Å². The summed E-state index contributed by atoms with van der Waals surface area (Å²) in [7, 11) is 0. The molecule has 20 heavy (non-hydrogen) atoms. The van der Waals surface area contributed by atoms with Gasteiger partial charge in [-0.2, -0.15) is 0 Å². The van der Waals surface area contributed by atoms with Crippen molar-refractivity contribution in [3.63, 3.8) is 0 Å². The Morgan fingerprint density at radius 2 is 1.95 bits per heavy atom. The van der Waals surface area contributed by atoms with Crippen LogP contribution < -0.4 is 0 Å². The van der Waals surface area contributed by atoms with E-state index >= 15 is 0 Å². The summed E-state index contributed by atoms with van der Waals surface area (Å²) in [5, 5.41) is 0.835. The van der Waals surface area contributed by atoms with Gasteiger partial charge in [-0.1, -0.05) is 29.8 Å². The average Bonchev–Trinajstić information content (AvgIpc) is 3.22. The highest BCUT2D eigenvalue weighted by molar-refractivity contribution is 6.31. The molecular weight excluding hydrogens is 274 g/mol. The Hall–Kier alpha value is -0.610. The maximum absolute atomic E-state index is 6.12. The van der Waals surface area contributed by atoms with E-state index in [1.807, 2.05) is 18.2 Å². The molecule has 3 nitrogen and oxygen atoms in total. The van der Waals surface area contributed by atoms with E-state index in [0.29, 0.717) is 0 Å². The van der Waals surface area contributed by atoms with E-state index in [1.54, 1.807) is 0 Å². The summed E-state index contributed by atoms with van der Waals surface area (Å²) in [5.74, 6) is 0. The molecule has 0 amide bonds. The molecule has 3 rings (SSSR count). The highest BCUT2D eigenvalue weighted by atomic mass is 35.5. The number of benzene rings is 1. The number of nitrogens with zero attached hydrogens (tertiary/aromatic N) is 1. The summed E-state index contributed by atoms with van der Waals surface area (Å²) in [5.41, 5.74) is 1.45. The standard InChI is InChI=1S/C16H22ClNO2/c17-15-4-2-1-3-14(15)5-11-19-12-10-18-8-6-16(7-9-18)13-20-16/h1-4H,5-13H2. The third kappa shape index (κ3) is 3.73. The molecule has 0 bridgehead atoms. The van der Waals surface area contributed by atoms with Crippen LogP contribution in [0.25, 0.3) is 0 Å². The summed E-state index contributed by atoms with van der Waals surface area (Å²) >= 11 is 6.12. The lowest BCUT2D eigenvalue weighted by Gasteiger charge is -2.30. The molecule has 1 aromatic carbocycles. The van der Waals surface area contributed by atoms with Crippen molar-refractivity contribution < 1.29 is 9.47 Å². The minimum atomic E-state index is 0.279. The molecule has 0 N–H and O–H groups in total. The molecule has 2 saturated heterocycles. The topological polar surface area (TPSA) is 25.0 Å². The van der Waals surface area contributed by atoms with E-state index < -0.39 is 0 Å². The Bertz CT molecular complexity index is 438. The number of hydrogen-bond acceptors (Lipinski definition) is 3. The van der Waals surface area contributed by atoms with Crippen LogP contribution in [0, 0.1) is 0 Å². The number of epoxide rings is 1. The zero-order chi connectivity index (χ0) is 13.8. The number of piperidine rings is 1. The van der Waals surface area contributed by atoms with Crippen LogP contribution >= 0.6 is 11.6 Å². The molecule has 0 aliphatic carbocycles. The van der Waals surface area contributed by atoms with Crippen molar-refractivity contribution in [1.29, 1.82) is 0 Å².